The minimum Gasteiger partial charge on any atom is -0.495 e. The Bertz CT molecular complexity index is 627. The third-order valence-corrected chi connectivity index (χ3v) is 4.28. The molecule has 0 aliphatic heterocycles. The van der Waals surface area contributed by atoms with Gasteiger partial charge in [-0.2, -0.15) is 0 Å². The van der Waals surface area contributed by atoms with Crippen molar-refractivity contribution in [1.29, 1.82) is 0 Å². The summed E-state index contributed by atoms with van der Waals surface area (Å²) in [5.74, 6) is 0.310. The van der Waals surface area contributed by atoms with Gasteiger partial charge < -0.3 is 15.8 Å². The number of amides is 1. The Morgan fingerprint density at radius 2 is 2.15 bits per heavy atom. The van der Waals surface area contributed by atoms with Crippen LogP contribution < -0.4 is 15.8 Å². The number of ether oxygens (including phenoxy) is 1. The molecule has 106 valence electrons. The molecule has 0 saturated heterocycles. The third kappa shape index (κ3) is 3.23. The van der Waals surface area contributed by atoms with Crippen LogP contribution in [0.1, 0.15) is 28.2 Å². The molecule has 0 radical (unpaired) electrons. The topological polar surface area (TPSA) is 64.3 Å². The predicted octanol–water partition coefficient (Wildman–Crippen LogP) is 3.48. The van der Waals surface area contributed by atoms with Gasteiger partial charge >= 0.3 is 0 Å². The summed E-state index contributed by atoms with van der Waals surface area (Å²) in [6.45, 7) is 1.91. The molecule has 0 bridgehead atoms. The van der Waals surface area contributed by atoms with Gasteiger partial charge in [0.1, 0.15) is 5.75 Å². The van der Waals surface area contributed by atoms with Crippen LogP contribution in [0.15, 0.2) is 30.3 Å². The molecule has 0 saturated carbocycles. The molecule has 20 heavy (non-hydrogen) atoms. The Morgan fingerprint density at radius 3 is 2.75 bits per heavy atom. The fraction of sp³-hybridized carbons (Fsp3) is 0.214. The minimum absolute atomic E-state index is 0.108. The quantitative estimate of drug-likeness (QED) is 0.850. The Labute approximate surface area is 126 Å². The summed E-state index contributed by atoms with van der Waals surface area (Å²) < 4.78 is 5.81. The van der Waals surface area contributed by atoms with Crippen molar-refractivity contribution in [2.45, 2.75) is 13.0 Å². The Kier molecular flexibility index (Phi) is 4.52. The van der Waals surface area contributed by atoms with E-state index in [-0.39, 0.29) is 11.9 Å². The number of nitrogens with two attached hydrogens (primary N) is 1. The zero-order valence-electron chi connectivity index (χ0n) is 11.1. The molecule has 1 aromatic carbocycles. The van der Waals surface area contributed by atoms with E-state index in [0.717, 1.165) is 4.88 Å². The molecule has 0 aliphatic rings. The van der Waals surface area contributed by atoms with Crippen LogP contribution in [0, 0.1) is 0 Å². The highest BCUT2D eigenvalue weighted by Crippen LogP contribution is 2.27. The van der Waals surface area contributed by atoms with E-state index in [0.29, 0.717) is 21.3 Å². The molecule has 0 spiro atoms. The van der Waals surface area contributed by atoms with Gasteiger partial charge in [-0.1, -0.05) is 11.6 Å². The molecule has 6 heteroatoms. The first-order valence-corrected chi connectivity index (χ1v) is 7.20. The number of methoxy groups -OCH3 is 1. The molecule has 2 rings (SSSR count). The number of carbonyl (C=O) groups excluding carboxylic acids is 1. The van der Waals surface area contributed by atoms with Crippen LogP contribution in [0.4, 0.5) is 5.69 Å². The van der Waals surface area contributed by atoms with Crippen molar-refractivity contribution in [3.63, 3.8) is 0 Å². The van der Waals surface area contributed by atoms with E-state index in [4.69, 9.17) is 22.1 Å². The number of rotatable bonds is 4. The number of benzene rings is 1. The first kappa shape index (κ1) is 14.7. The summed E-state index contributed by atoms with van der Waals surface area (Å²) in [7, 11) is 1.52. The summed E-state index contributed by atoms with van der Waals surface area (Å²) in [6, 6.07) is 8.56. The van der Waals surface area contributed by atoms with E-state index < -0.39 is 0 Å². The lowest BCUT2D eigenvalue weighted by Crippen LogP contribution is -2.26. The number of carbonyl (C=O) groups is 1. The molecule has 4 nitrogen and oxygen atoms in total. The minimum atomic E-state index is -0.180. The molecule has 1 atom stereocenters. The molecule has 0 aliphatic carbocycles. The lowest BCUT2D eigenvalue weighted by Gasteiger charge is -2.13. The number of hydrogen-bond donors (Lipinski definition) is 2. The van der Waals surface area contributed by atoms with Crippen molar-refractivity contribution in [3.05, 3.63) is 45.1 Å². The van der Waals surface area contributed by atoms with E-state index in [1.54, 1.807) is 18.2 Å². The normalized spacial score (nSPS) is 11.9. The van der Waals surface area contributed by atoms with Crippen LogP contribution in [0.5, 0.6) is 5.75 Å². The van der Waals surface area contributed by atoms with Gasteiger partial charge in [0.25, 0.3) is 5.91 Å². The fourth-order valence-electron chi connectivity index (χ4n) is 1.76. The van der Waals surface area contributed by atoms with Gasteiger partial charge in [0.05, 0.1) is 23.2 Å². The van der Waals surface area contributed by atoms with Gasteiger partial charge in [-0.05, 0) is 37.3 Å². The summed E-state index contributed by atoms with van der Waals surface area (Å²) in [6.07, 6.45) is 0. The molecule has 0 fully saturated rings. The third-order valence-electron chi connectivity index (χ3n) is 2.86. The average Bonchev–Trinajstić information content (AvgIpc) is 2.86. The smallest absolute Gasteiger partial charge is 0.251 e. The monoisotopic (exact) mass is 310 g/mol. The second-order valence-corrected chi connectivity index (χ2v) is 6.04. The van der Waals surface area contributed by atoms with E-state index in [1.165, 1.54) is 18.4 Å². The van der Waals surface area contributed by atoms with Gasteiger partial charge in [0.2, 0.25) is 0 Å². The summed E-state index contributed by atoms with van der Waals surface area (Å²) in [5, 5.41) is 2.91. The maximum Gasteiger partial charge on any atom is 0.251 e. The maximum atomic E-state index is 12.2. The van der Waals surface area contributed by atoms with Crippen molar-refractivity contribution in [3.8, 4) is 5.75 Å². The zero-order chi connectivity index (χ0) is 14.7. The number of nitrogens with one attached hydrogen (secondary N) is 1. The van der Waals surface area contributed by atoms with Gasteiger partial charge in [-0.25, -0.2) is 0 Å². The molecular formula is C14H15ClN2O2S. The Balaban J connectivity index is 2.12. The summed E-state index contributed by atoms with van der Waals surface area (Å²) >= 11 is 7.34. The van der Waals surface area contributed by atoms with Crippen molar-refractivity contribution >= 4 is 34.5 Å². The SMILES string of the molecule is COc1cc(C(=O)NC(C)c2ccc(Cl)s2)ccc1N. The van der Waals surface area contributed by atoms with Crippen LogP contribution >= 0.6 is 22.9 Å². The second kappa shape index (κ2) is 6.15. The Morgan fingerprint density at radius 1 is 1.40 bits per heavy atom. The van der Waals surface area contributed by atoms with Crippen molar-refractivity contribution in [1.82, 2.24) is 5.32 Å². The molecular weight excluding hydrogens is 296 g/mol. The number of thiophene rings is 1. The van der Waals surface area contributed by atoms with Crippen LogP contribution in [0.25, 0.3) is 0 Å². The zero-order valence-corrected chi connectivity index (χ0v) is 12.7. The van der Waals surface area contributed by atoms with E-state index in [1.807, 2.05) is 19.1 Å². The molecule has 2 aromatic rings. The van der Waals surface area contributed by atoms with E-state index >= 15 is 0 Å². The second-order valence-electron chi connectivity index (χ2n) is 4.29. The van der Waals surface area contributed by atoms with Crippen LogP contribution in [0.2, 0.25) is 4.34 Å². The van der Waals surface area contributed by atoms with E-state index in [2.05, 4.69) is 5.32 Å². The molecule has 1 amide bonds. The van der Waals surface area contributed by atoms with E-state index in [9.17, 15) is 4.79 Å². The van der Waals surface area contributed by atoms with Crippen LogP contribution in [-0.4, -0.2) is 13.0 Å². The number of halogens is 1. The molecule has 1 heterocycles. The standard InChI is InChI=1S/C14H15ClN2O2S/c1-8(12-5-6-13(15)20-12)17-14(18)9-3-4-10(16)11(7-9)19-2/h3-8H,16H2,1-2H3,(H,17,18). The van der Waals surface area contributed by atoms with Gasteiger partial charge in [-0.15, -0.1) is 11.3 Å². The van der Waals surface area contributed by atoms with Gasteiger partial charge in [0, 0.05) is 10.4 Å². The highest BCUT2D eigenvalue weighted by atomic mass is 35.5. The lowest BCUT2D eigenvalue weighted by atomic mass is 10.1. The molecule has 1 unspecified atom stereocenters. The van der Waals surface area contributed by atoms with Crippen LogP contribution in [0.3, 0.4) is 0 Å². The summed E-state index contributed by atoms with van der Waals surface area (Å²) in [5.41, 5.74) is 6.73. The Hall–Kier alpha value is -1.72. The first-order valence-electron chi connectivity index (χ1n) is 6.01. The van der Waals surface area contributed by atoms with Gasteiger partial charge in [-0.3, -0.25) is 4.79 Å². The predicted molar refractivity (Wildman–Crippen MR) is 82.6 cm³/mol. The van der Waals surface area contributed by atoms with Crippen molar-refractivity contribution in [2.75, 3.05) is 12.8 Å². The van der Waals surface area contributed by atoms with Gasteiger partial charge in [0.15, 0.2) is 0 Å². The summed E-state index contributed by atoms with van der Waals surface area (Å²) in [4.78, 5) is 13.2. The average molecular weight is 311 g/mol. The van der Waals surface area contributed by atoms with Crippen molar-refractivity contribution < 1.29 is 9.53 Å². The van der Waals surface area contributed by atoms with Crippen molar-refractivity contribution in [2.24, 2.45) is 0 Å². The fourth-order valence-corrected chi connectivity index (χ4v) is 2.83. The largest absolute Gasteiger partial charge is 0.495 e. The molecule has 3 N–H and O–H groups in total. The number of nitrogen functional groups attached to an aromatic ring is 1. The number of hydrogen-bond acceptors (Lipinski definition) is 4. The highest BCUT2D eigenvalue weighted by molar-refractivity contribution is 7.16. The maximum absolute atomic E-state index is 12.2. The van der Waals surface area contributed by atoms with Crippen LogP contribution in [-0.2, 0) is 0 Å². The number of anilines is 1. The highest BCUT2D eigenvalue weighted by Gasteiger charge is 2.14. The lowest BCUT2D eigenvalue weighted by molar-refractivity contribution is 0.0940. The molecule has 1 aromatic heterocycles. The first-order chi connectivity index (χ1) is 9.51.